The summed E-state index contributed by atoms with van der Waals surface area (Å²) >= 11 is 0. The van der Waals surface area contributed by atoms with E-state index in [1.165, 1.54) is 23.8 Å². The fourth-order valence-corrected chi connectivity index (χ4v) is 4.16. The zero-order valence-electron chi connectivity index (χ0n) is 13.3. The number of hydrogen-bond donors (Lipinski definition) is 0. The molecule has 0 bridgehead atoms. The Labute approximate surface area is 135 Å². The van der Waals surface area contributed by atoms with E-state index in [9.17, 15) is 9.59 Å². The summed E-state index contributed by atoms with van der Waals surface area (Å²) in [7, 11) is 0. The highest BCUT2D eigenvalue weighted by atomic mass is 16.7. The Bertz CT molecular complexity index is 669. The summed E-state index contributed by atoms with van der Waals surface area (Å²) in [6, 6.07) is 0. The molecule has 4 rings (SSSR count). The quantitative estimate of drug-likeness (QED) is 0.339. The lowest BCUT2D eigenvalue weighted by atomic mass is 9.84. The number of rotatable bonds is 2. The van der Waals surface area contributed by atoms with Crippen LogP contribution in [0.5, 0.6) is 0 Å². The van der Waals surface area contributed by atoms with Gasteiger partial charge in [-0.2, -0.15) is 0 Å². The Hall–Kier alpha value is -2.04. The lowest BCUT2D eigenvalue weighted by Crippen LogP contribution is -2.19. The Morgan fingerprint density at radius 2 is 2.09 bits per heavy atom. The van der Waals surface area contributed by atoms with E-state index in [0.717, 1.165) is 19.3 Å². The van der Waals surface area contributed by atoms with Gasteiger partial charge in [-0.05, 0) is 44.1 Å². The van der Waals surface area contributed by atoms with Gasteiger partial charge in [-0.1, -0.05) is 12.5 Å². The Balaban J connectivity index is 1.52. The van der Waals surface area contributed by atoms with Gasteiger partial charge in [0, 0.05) is 17.6 Å². The minimum atomic E-state index is -0.746. The summed E-state index contributed by atoms with van der Waals surface area (Å²) < 4.78 is 16.1. The van der Waals surface area contributed by atoms with E-state index in [2.05, 4.69) is 6.92 Å². The summed E-state index contributed by atoms with van der Waals surface area (Å²) in [5.74, 6) is -0.153. The van der Waals surface area contributed by atoms with Crippen LogP contribution in [0.15, 0.2) is 34.6 Å². The van der Waals surface area contributed by atoms with Crippen molar-refractivity contribution in [3.05, 3.63) is 34.6 Å². The molecule has 0 aromatic heterocycles. The summed E-state index contributed by atoms with van der Waals surface area (Å²) in [6.07, 6.45) is 6.55. The topological polar surface area (TPSA) is 61.8 Å². The SMILES string of the molecule is CC1=C[C@H](OC=C2C(=O)O[C@@H]3C4=C(CCC[C@H]4C)C[C@H]23)OC1=O. The minimum absolute atomic E-state index is 0.0511. The molecule has 0 saturated carbocycles. The van der Waals surface area contributed by atoms with Crippen molar-refractivity contribution in [1.82, 2.24) is 0 Å². The van der Waals surface area contributed by atoms with Crippen LogP contribution >= 0.6 is 0 Å². The maximum Gasteiger partial charge on any atom is 0.338 e. The molecule has 0 amide bonds. The third-order valence-corrected chi connectivity index (χ3v) is 5.32. The fourth-order valence-electron chi connectivity index (χ4n) is 4.16. The molecule has 1 fully saturated rings. The summed E-state index contributed by atoms with van der Waals surface area (Å²) in [5.41, 5.74) is 3.87. The van der Waals surface area contributed by atoms with Gasteiger partial charge in [-0.15, -0.1) is 0 Å². The summed E-state index contributed by atoms with van der Waals surface area (Å²) in [6.45, 7) is 3.89. The number of fused-ring (bicyclic) bond motifs is 2. The van der Waals surface area contributed by atoms with Gasteiger partial charge in [0.25, 0.3) is 6.29 Å². The van der Waals surface area contributed by atoms with Gasteiger partial charge in [0.15, 0.2) is 0 Å². The lowest BCUT2D eigenvalue weighted by Gasteiger charge is -2.24. The molecular weight excluding hydrogens is 296 g/mol. The molecule has 4 aliphatic rings. The molecule has 0 unspecified atom stereocenters. The van der Waals surface area contributed by atoms with Crippen molar-refractivity contribution < 1.29 is 23.8 Å². The third kappa shape index (κ3) is 2.30. The molecule has 2 aliphatic carbocycles. The largest absolute Gasteiger partial charge is 0.458 e. The summed E-state index contributed by atoms with van der Waals surface area (Å²) in [4.78, 5) is 23.5. The maximum atomic E-state index is 12.2. The molecule has 122 valence electrons. The predicted molar refractivity (Wildman–Crippen MR) is 80.8 cm³/mol. The Kier molecular flexibility index (Phi) is 3.32. The molecule has 0 spiro atoms. The van der Waals surface area contributed by atoms with E-state index < -0.39 is 6.29 Å². The third-order valence-electron chi connectivity index (χ3n) is 5.32. The molecule has 2 heterocycles. The van der Waals surface area contributed by atoms with Crippen LogP contribution < -0.4 is 0 Å². The first-order chi connectivity index (χ1) is 11.0. The number of cyclic esters (lactones) is 1. The van der Waals surface area contributed by atoms with E-state index in [0.29, 0.717) is 17.1 Å². The molecule has 4 atom stereocenters. The van der Waals surface area contributed by atoms with E-state index in [1.54, 1.807) is 13.0 Å². The number of ether oxygens (including phenoxy) is 3. The maximum absolute atomic E-state index is 12.2. The molecule has 23 heavy (non-hydrogen) atoms. The zero-order valence-corrected chi connectivity index (χ0v) is 13.3. The van der Waals surface area contributed by atoms with E-state index in [-0.39, 0.29) is 24.0 Å². The Morgan fingerprint density at radius 1 is 1.26 bits per heavy atom. The van der Waals surface area contributed by atoms with Gasteiger partial charge in [-0.25, -0.2) is 9.59 Å². The highest BCUT2D eigenvalue weighted by Crippen LogP contribution is 2.50. The van der Waals surface area contributed by atoms with Gasteiger partial charge in [0.1, 0.15) is 6.10 Å². The molecular formula is C18H20O5. The average molecular weight is 316 g/mol. The first-order valence-corrected chi connectivity index (χ1v) is 8.22. The van der Waals surface area contributed by atoms with E-state index in [1.807, 2.05) is 0 Å². The van der Waals surface area contributed by atoms with Crippen LogP contribution in [0.2, 0.25) is 0 Å². The van der Waals surface area contributed by atoms with Gasteiger partial charge < -0.3 is 14.2 Å². The van der Waals surface area contributed by atoms with Crippen LogP contribution in [-0.4, -0.2) is 24.3 Å². The van der Waals surface area contributed by atoms with Crippen molar-refractivity contribution in [2.24, 2.45) is 11.8 Å². The second-order valence-corrected chi connectivity index (χ2v) is 6.82. The van der Waals surface area contributed by atoms with Gasteiger partial charge in [0.2, 0.25) is 0 Å². The van der Waals surface area contributed by atoms with Crippen LogP contribution in [0, 0.1) is 11.8 Å². The van der Waals surface area contributed by atoms with Gasteiger partial charge in [0.05, 0.1) is 11.8 Å². The van der Waals surface area contributed by atoms with Crippen molar-refractivity contribution in [1.29, 1.82) is 0 Å². The van der Waals surface area contributed by atoms with Crippen molar-refractivity contribution in [2.45, 2.75) is 51.9 Å². The molecule has 1 saturated heterocycles. The standard InChI is InChI=1S/C18H20O5/c1-9-4-3-5-11-7-12-13(18(20)23-16(12)15(9)11)8-21-14-6-10(2)17(19)22-14/h6,8-9,12,14,16H,3-5,7H2,1-2H3/t9-,12-,14-,16+/m1/s1. The minimum Gasteiger partial charge on any atom is -0.458 e. The number of carbonyl (C=O) groups excluding carboxylic acids is 2. The number of allylic oxidation sites excluding steroid dienone is 1. The van der Waals surface area contributed by atoms with Gasteiger partial charge >= 0.3 is 11.9 Å². The van der Waals surface area contributed by atoms with Crippen LogP contribution in [-0.2, 0) is 23.8 Å². The molecule has 0 aromatic rings. The molecule has 0 aromatic carbocycles. The number of esters is 2. The normalized spacial score (nSPS) is 37.5. The predicted octanol–water partition coefficient (Wildman–Crippen LogP) is 2.78. The van der Waals surface area contributed by atoms with Crippen molar-refractivity contribution >= 4 is 11.9 Å². The molecule has 2 aliphatic heterocycles. The monoisotopic (exact) mass is 316 g/mol. The average Bonchev–Trinajstić information content (AvgIpc) is 3.10. The van der Waals surface area contributed by atoms with Crippen molar-refractivity contribution in [2.75, 3.05) is 0 Å². The lowest BCUT2D eigenvalue weighted by molar-refractivity contribution is -0.152. The van der Waals surface area contributed by atoms with Crippen LogP contribution in [0.25, 0.3) is 0 Å². The smallest absolute Gasteiger partial charge is 0.338 e. The molecule has 5 nitrogen and oxygen atoms in total. The van der Waals surface area contributed by atoms with E-state index in [4.69, 9.17) is 14.2 Å². The molecule has 5 heteroatoms. The first-order valence-electron chi connectivity index (χ1n) is 8.22. The Morgan fingerprint density at radius 3 is 2.83 bits per heavy atom. The fraction of sp³-hybridized carbons (Fsp3) is 0.556. The van der Waals surface area contributed by atoms with Crippen LogP contribution in [0.4, 0.5) is 0 Å². The number of carbonyl (C=O) groups is 2. The molecule has 0 N–H and O–H groups in total. The van der Waals surface area contributed by atoms with Crippen molar-refractivity contribution in [3.8, 4) is 0 Å². The second kappa shape index (κ2) is 5.25. The van der Waals surface area contributed by atoms with E-state index >= 15 is 0 Å². The summed E-state index contributed by atoms with van der Waals surface area (Å²) in [5, 5.41) is 0. The second-order valence-electron chi connectivity index (χ2n) is 6.82. The highest BCUT2D eigenvalue weighted by molar-refractivity contribution is 5.92. The first kappa shape index (κ1) is 14.5. The molecule has 0 radical (unpaired) electrons. The highest BCUT2D eigenvalue weighted by Gasteiger charge is 2.49. The van der Waals surface area contributed by atoms with Crippen LogP contribution in [0.3, 0.4) is 0 Å². The van der Waals surface area contributed by atoms with Crippen molar-refractivity contribution in [3.63, 3.8) is 0 Å². The van der Waals surface area contributed by atoms with Crippen LogP contribution in [0.1, 0.15) is 39.5 Å². The van der Waals surface area contributed by atoms with Gasteiger partial charge in [-0.3, -0.25) is 0 Å². The number of hydrogen-bond acceptors (Lipinski definition) is 5. The zero-order chi connectivity index (χ0) is 16.1.